The second kappa shape index (κ2) is 3.41. The second-order valence-corrected chi connectivity index (χ2v) is 3.51. The maximum absolute atomic E-state index is 13.0. The third kappa shape index (κ3) is 1.60. The molecule has 2 nitrogen and oxygen atoms in total. The van der Waals surface area contributed by atoms with Gasteiger partial charge in [-0.1, -0.05) is 0 Å². The Hall–Kier alpha value is -2.17. The van der Waals surface area contributed by atoms with Crippen LogP contribution in [0.1, 0.15) is 0 Å². The molecular formula is C12H5F3O2. The summed E-state index contributed by atoms with van der Waals surface area (Å²) in [5.74, 6) is -2.12. The van der Waals surface area contributed by atoms with E-state index in [0.29, 0.717) is 0 Å². The summed E-state index contributed by atoms with van der Waals surface area (Å²) in [5.41, 5.74) is 0. The summed E-state index contributed by atoms with van der Waals surface area (Å²) in [6.45, 7) is 0. The van der Waals surface area contributed by atoms with Crippen LogP contribution in [0.4, 0.5) is 13.2 Å². The van der Waals surface area contributed by atoms with Gasteiger partial charge in [-0.25, -0.2) is 13.2 Å². The molecule has 0 aromatic heterocycles. The number of hydrogen-bond donors (Lipinski definition) is 0. The van der Waals surface area contributed by atoms with Gasteiger partial charge in [0.1, 0.15) is 5.82 Å². The Morgan fingerprint density at radius 1 is 0.647 bits per heavy atom. The first-order valence-corrected chi connectivity index (χ1v) is 4.78. The fourth-order valence-corrected chi connectivity index (χ4v) is 1.55. The normalized spacial score (nSPS) is 12.2. The first-order valence-electron chi connectivity index (χ1n) is 4.78. The number of fused-ring (bicyclic) bond motifs is 2. The molecule has 3 rings (SSSR count). The molecule has 0 fully saturated rings. The van der Waals surface area contributed by atoms with Crippen molar-refractivity contribution in [3.63, 3.8) is 0 Å². The van der Waals surface area contributed by atoms with Crippen molar-refractivity contribution in [2.75, 3.05) is 0 Å². The van der Waals surface area contributed by atoms with E-state index < -0.39 is 17.5 Å². The molecule has 86 valence electrons. The van der Waals surface area contributed by atoms with Crippen molar-refractivity contribution in [2.24, 2.45) is 0 Å². The first-order chi connectivity index (χ1) is 8.13. The number of hydrogen-bond acceptors (Lipinski definition) is 2. The smallest absolute Gasteiger partial charge is 0.173 e. The van der Waals surface area contributed by atoms with Gasteiger partial charge in [0.15, 0.2) is 34.6 Å². The van der Waals surface area contributed by atoms with E-state index in [2.05, 4.69) is 0 Å². The molecular weight excluding hydrogens is 233 g/mol. The van der Waals surface area contributed by atoms with Gasteiger partial charge in [-0.3, -0.25) is 0 Å². The monoisotopic (exact) mass is 238 g/mol. The lowest BCUT2D eigenvalue weighted by atomic mass is 10.2. The van der Waals surface area contributed by atoms with Crippen LogP contribution in [0.3, 0.4) is 0 Å². The minimum absolute atomic E-state index is 0.0157. The van der Waals surface area contributed by atoms with Gasteiger partial charge in [0.05, 0.1) is 0 Å². The van der Waals surface area contributed by atoms with Crippen LogP contribution < -0.4 is 9.47 Å². The Bertz CT molecular complexity index is 611. The van der Waals surface area contributed by atoms with Crippen molar-refractivity contribution in [1.29, 1.82) is 0 Å². The van der Waals surface area contributed by atoms with Gasteiger partial charge in [-0.15, -0.1) is 0 Å². The molecule has 0 spiro atoms. The largest absolute Gasteiger partial charge is 0.449 e. The minimum Gasteiger partial charge on any atom is -0.449 e. The van der Waals surface area contributed by atoms with Crippen molar-refractivity contribution >= 4 is 0 Å². The van der Waals surface area contributed by atoms with Crippen LogP contribution in [0.5, 0.6) is 23.0 Å². The van der Waals surface area contributed by atoms with Crippen molar-refractivity contribution in [3.05, 3.63) is 47.8 Å². The highest BCUT2D eigenvalue weighted by molar-refractivity contribution is 5.54. The molecule has 0 atom stereocenters. The Kier molecular flexibility index (Phi) is 2.01. The van der Waals surface area contributed by atoms with Crippen molar-refractivity contribution in [3.8, 4) is 23.0 Å². The van der Waals surface area contributed by atoms with Gasteiger partial charge >= 0.3 is 0 Å². The topological polar surface area (TPSA) is 18.5 Å². The van der Waals surface area contributed by atoms with E-state index in [0.717, 1.165) is 18.2 Å². The van der Waals surface area contributed by atoms with Gasteiger partial charge < -0.3 is 9.47 Å². The van der Waals surface area contributed by atoms with Crippen molar-refractivity contribution < 1.29 is 22.6 Å². The quantitative estimate of drug-likeness (QED) is 0.589. The molecule has 1 aliphatic heterocycles. The molecule has 0 N–H and O–H groups in total. The summed E-state index contributed by atoms with van der Waals surface area (Å²) in [4.78, 5) is 0. The van der Waals surface area contributed by atoms with E-state index in [9.17, 15) is 13.2 Å². The van der Waals surface area contributed by atoms with Gasteiger partial charge in [0, 0.05) is 18.2 Å². The zero-order valence-electron chi connectivity index (χ0n) is 8.34. The molecule has 0 radical (unpaired) electrons. The summed E-state index contributed by atoms with van der Waals surface area (Å²) >= 11 is 0. The fourth-order valence-electron chi connectivity index (χ4n) is 1.55. The molecule has 17 heavy (non-hydrogen) atoms. The minimum atomic E-state index is -1.05. The summed E-state index contributed by atoms with van der Waals surface area (Å²) in [6.07, 6.45) is 0. The van der Waals surface area contributed by atoms with Crippen LogP contribution in [-0.4, -0.2) is 0 Å². The Labute approximate surface area is 94.2 Å². The Balaban J connectivity index is 2.11. The predicted octanol–water partition coefficient (Wildman–Crippen LogP) is 4.00. The molecule has 0 saturated carbocycles. The molecule has 1 heterocycles. The third-order valence-electron chi connectivity index (χ3n) is 2.33. The molecule has 0 aliphatic carbocycles. The standard InChI is InChI=1S/C12H5F3O2/c13-6-1-2-9-10(3-6)17-12-5-8(15)7(14)4-11(12)16-9/h1-5H. The van der Waals surface area contributed by atoms with Crippen molar-refractivity contribution in [2.45, 2.75) is 0 Å². The summed E-state index contributed by atoms with van der Waals surface area (Å²) < 4.78 is 49.4. The van der Waals surface area contributed by atoms with Crippen LogP contribution >= 0.6 is 0 Å². The van der Waals surface area contributed by atoms with Crippen LogP contribution in [0.25, 0.3) is 0 Å². The highest BCUT2D eigenvalue weighted by atomic mass is 19.2. The third-order valence-corrected chi connectivity index (χ3v) is 2.33. The molecule has 2 aromatic rings. The summed E-state index contributed by atoms with van der Waals surface area (Å²) in [6, 6.07) is 5.40. The Morgan fingerprint density at radius 3 is 1.82 bits per heavy atom. The van der Waals surface area contributed by atoms with Crippen LogP contribution in [-0.2, 0) is 0 Å². The molecule has 1 aliphatic rings. The van der Waals surface area contributed by atoms with Crippen LogP contribution in [0.2, 0.25) is 0 Å². The summed E-state index contributed by atoms with van der Waals surface area (Å²) in [5, 5.41) is 0. The molecule has 2 aromatic carbocycles. The lowest BCUT2D eigenvalue weighted by Gasteiger charge is -2.20. The zero-order chi connectivity index (χ0) is 12.0. The van der Waals surface area contributed by atoms with Crippen LogP contribution in [0.15, 0.2) is 30.3 Å². The van der Waals surface area contributed by atoms with E-state index in [1.165, 1.54) is 12.1 Å². The molecule has 5 heteroatoms. The van der Waals surface area contributed by atoms with E-state index in [-0.39, 0.29) is 23.0 Å². The summed E-state index contributed by atoms with van der Waals surface area (Å²) in [7, 11) is 0. The van der Waals surface area contributed by atoms with Crippen LogP contribution in [0, 0.1) is 17.5 Å². The lowest BCUT2D eigenvalue weighted by Crippen LogP contribution is -2.01. The highest BCUT2D eigenvalue weighted by Gasteiger charge is 2.21. The van der Waals surface area contributed by atoms with E-state index in [1.54, 1.807) is 0 Å². The maximum atomic E-state index is 13.0. The first kappa shape index (κ1) is 10.0. The average Bonchev–Trinajstić information content (AvgIpc) is 2.28. The maximum Gasteiger partial charge on any atom is 0.173 e. The number of ether oxygens (including phenoxy) is 2. The van der Waals surface area contributed by atoms with Gasteiger partial charge in [-0.05, 0) is 12.1 Å². The predicted molar refractivity (Wildman–Crippen MR) is 52.9 cm³/mol. The number of benzene rings is 2. The molecule has 0 unspecified atom stereocenters. The molecule has 0 bridgehead atoms. The van der Waals surface area contributed by atoms with E-state index in [4.69, 9.17) is 9.47 Å². The average molecular weight is 238 g/mol. The van der Waals surface area contributed by atoms with E-state index >= 15 is 0 Å². The lowest BCUT2D eigenvalue weighted by molar-refractivity contribution is 0.349. The number of rotatable bonds is 0. The molecule has 0 saturated heterocycles. The number of halogens is 3. The van der Waals surface area contributed by atoms with Gasteiger partial charge in [0.25, 0.3) is 0 Å². The zero-order valence-corrected chi connectivity index (χ0v) is 8.34. The van der Waals surface area contributed by atoms with Crippen molar-refractivity contribution in [1.82, 2.24) is 0 Å². The van der Waals surface area contributed by atoms with Gasteiger partial charge in [-0.2, -0.15) is 0 Å². The fraction of sp³-hybridized carbons (Fsp3) is 0. The SMILES string of the molecule is Fc1ccc2c(c1)Oc1cc(F)c(F)cc1O2. The van der Waals surface area contributed by atoms with E-state index in [1.807, 2.05) is 0 Å². The Morgan fingerprint density at radius 2 is 1.18 bits per heavy atom. The highest BCUT2D eigenvalue weighted by Crippen LogP contribution is 2.45. The second-order valence-electron chi connectivity index (χ2n) is 3.51. The van der Waals surface area contributed by atoms with Gasteiger partial charge in [0.2, 0.25) is 0 Å². The molecule has 0 amide bonds.